The number of rotatable bonds is 7. The summed E-state index contributed by atoms with van der Waals surface area (Å²) in [6.45, 7) is 9.59. The number of anilines is 1. The normalized spacial score (nSPS) is 12.2. The number of amides is 1. The maximum atomic E-state index is 11.9. The van der Waals surface area contributed by atoms with Gasteiger partial charge in [-0.05, 0) is 53.2 Å². The molecule has 29 heavy (non-hydrogen) atoms. The molecule has 0 unspecified atom stereocenters. The van der Waals surface area contributed by atoms with Crippen LogP contribution >= 0.6 is 15.9 Å². The summed E-state index contributed by atoms with van der Waals surface area (Å²) in [6.07, 6.45) is 5.60. The van der Waals surface area contributed by atoms with Crippen LogP contribution in [0, 0.1) is 0 Å². The van der Waals surface area contributed by atoms with Crippen LogP contribution in [-0.4, -0.2) is 46.8 Å². The number of amidine groups is 1. The minimum absolute atomic E-state index is 0.105. The van der Waals surface area contributed by atoms with Gasteiger partial charge in [0, 0.05) is 33.5 Å². The molecular weight excluding hydrogens is 458 g/mol. The van der Waals surface area contributed by atoms with Crippen LogP contribution in [0.15, 0.2) is 56.6 Å². The quantitative estimate of drug-likeness (QED) is 0.254. The molecule has 1 aromatic rings. The number of hydrogen-bond donors (Lipinski definition) is 2. The first-order valence-corrected chi connectivity index (χ1v) is 12.1. The molecule has 0 spiro atoms. The van der Waals surface area contributed by atoms with E-state index in [1.165, 1.54) is 25.0 Å². The topological polar surface area (TPSA) is 100 Å². The van der Waals surface area contributed by atoms with Crippen LogP contribution < -0.4 is 5.32 Å². The Balaban J connectivity index is 0.00000245. The molecule has 1 rings (SSSR count). The summed E-state index contributed by atoms with van der Waals surface area (Å²) in [5.74, 6) is 0.297. The average Bonchev–Trinajstić information content (AvgIpc) is 2.64. The minimum Gasteiger partial charge on any atom is -0.474 e. The van der Waals surface area contributed by atoms with E-state index in [1.807, 2.05) is 0 Å². The number of nitrogens with one attached hydrogen (secondary N) is 1. The summed E-state index contributed by atoms with van der Waals surface area (Å²) in [6, 6.07) is 6.56. The minimum atomic E-state index is -2.49. The summed E-state index contributed by atoms with van der Waals surface area (Å²) in [5.41, 5.74) is 1.05. The SMILES string of the molecule is C=C/C(Br)=C(\N=C(/C)Nc1ccc(C(=O)N=S(C)(C)=O)cc1)OCCO.CCC. The van der Waals surface area contributed by atoms with Gasteiger partial charge < -0.3 is 15.2 Å². The van der Waals surface area contributed by atoms with E-state index in [2.05, 4.69) is 51.0 Å². The number of aliphatic imine (C=N–C) groups is 1. The fraction of sp³-hybridized carbons (Fsp3) is 0.400. The van der Waals surface area contributed by atoms with E-state index < -0.39 is 15.6 Å². The molecule has 1 aromatic carbocycles. The van der Waals surface area contributed by atoms with Crippen molar-refractivity contribution in [2.75, 3.05) is 31.0 Å². The predicted octanol–water partition coefficient (Wildman–Crippen LogP) is 4.56. The molecule has 0 aliphatic heterocycles. The fourth-order valence-corrected chi connectivity index (χ4v) is 2.43. The number of nitrogens with zero attached hydrogens (tertiary/aromatic N) is 2. The van der Waals surface area contributed by atoms with E-state index in [4.69, 9.17) is 9.84 Å². The van der Waals surface area contributed by atoms with Crippen LogP contribution in [-0.2, 0) is 14.5 Å². The lowest BCUT2D eigenvalue weighted by Crippen LogP contribution is -2.10. The number of halogens is 1. The molecule has 162 valence electrons. The molecule has 7 nitrogen and oxygen atoms in total. The Kier molecular flexibility index (Phi) is 13.1. The first kappa shape index (κ1) is 27.0. The third kappa shape index (κ3) is 12.2. The highest BCUT2D eigenvalue weighted by Gasteiger charge is 2.07. The van der Waals surface area contributed by atoms with E-state index in [0.717, 1.165) is 0 Å². The van der Waals surface area contributed by atoms with Crippen LogP contribution in [0.1, 0.15) is 37.6 Å². The van der Waals surface area contributed by atoms with E-state index in [0.29, 0.717) is 21.6 Å². The van der Waals surface area contributed by atoms with Gasteiger partial charge in [0.2, 0.25) is 5.88 Å². The molecule has 1 amide bonds. The summed E-state index contributed by atoms with van der Waals surface area (Å²) >= 11 is 3.29. The maximum Gasteiger partial charge on any atom is 0.285 e. The summed E-state index contributed by atoms with van der Waals surface area (Å²) in [5, 5.41) is 11.9. The van der Waals surface area contributed by atoms with Gasteiger partial charge in [-0.3, -0.25) is 4.79 Å². The number of benzene rings is 1. The van der Waals surface area contributed by atoms with Crippen LogP contribution in [0.5, 0.6) is 0 Å². The number of aliphatic hydroxyl groups excluding tert-OH is 1. The summed E-state index contributed by atoms with van der Waals surface area (Å²) < 4.78 is 21.1. The van der Waals surface area contributed by atoms with Crippen molar-refractivity contribution in [1.82, 2.24) is 0 Å². The van der Waals surface area contributed by atoms with Crippen LogP contribution in [0.25, 0.3) is 0 Å². The smallest absolute Gasteiger partial charge is 0.285 e. The van der Waals surface area contributed by atoms with Crippen LogP contribution in [0.3, 0.4) is 0 Å². The molecule has 0 saturated heterocycles. The van der Waals surface area contributed by atoms with Gasteiger partial charge in [0.05, 0.1) is 11.1 Å². The van der Waals surface area contributed by atoms with Gasteiger partial charge in [0.1, 0.15) is 12.4 Å². The monoisotopic (exact) mass is 487 g/mol. The van der Waals surface area contributed by atoms with Crippen molar-refractivity contribution in [3.63, 3.8) is 0 Å². The molecule has 0 aromatic heterocycles. The van der Waals surface area contributed by atoms with Gasteiger partial charge in [-0.15, -0.1) is 0 Å². The Morgan fingerprint density at radius 1 is 1.31 bits per heavy atom. The Bertz CT molecular complexity index is 847. The summed E-state index contributed by atoms with van der Waals surface area (Å²) in [7, 11) is -2.49. The lowest BCUT2D eigenvalue weighted by atomic mass is 10.2. The second-order valence-corrected chi connectivity index (χ2v) is 9.51. The van der Waals surface area contributed by atoms with Gasteiger partial charge in [-0.2, -0.15) is 9.36 Å². The van der Waals surface area contributed by atoms with E-state index in [-0.39, 0.29) is 19.1 Å². The molecule has 0 aliphatic rings. The lowest BCUT2D eigenvalue weighted by molar-refractivity contribution is 0.100. The van der Waals surface area contributed by atoms with Crippen molar-refractivity contribution < 1.29 is 18.8 Å². The van der Waals surface area contributed by atoms with Crippen LogP contribution in [0.2, 0.25) is 0 Å². The van der Waals surface area contributed by atoms with E-state index in [9.17, 15) is 9.00 Å². The zero-order valence-electron chi connectivity index (χ0n) is 17.6. The maximum absolute atomic E-state index is 11.9. The second kappa shape index (κ2) is 14.1. The van der Waals surface area contributed by atoms with Gasteiger partial charge >= 0.3 is 0 Å². The van der Waals surface area contributed by atoms with Gasteiger partial charge in [-0.1, -0.05) is 26.8 Å². The Morgan fingerprint density at radius 3 is 2.31 bits per heavy atom. The van der Waals surface area contributed by atoms with Crippen molar-refractivity contribution in [2.24, 2.45) is 9.36 Å². The van der Waals surface area contributed by atoms with Crippen molar-refractivity contribution in [3.05, 3.63) is 52.8 Å². The van der Waals surface area contributed by atoms with Gasteiger partial charge in [0.25, 0.3) is 5.91 Å². The van der Waals surface area contributed by atoms with E-state index >= 15 is 0 Å². The van der Waals surface area contributed by atoms with Crippen LogP contribution in [0.4, 0.5) is 5.69 Å². The molecule has 0 bridgehead atoms. The van der Waals surface area contributed by atoms with Crippen molar-refractivity contribution in [1.29, 1.82) is 0 Å². The highest BCUT2D eigenvalue weighted by atomic mass is 79.9. The zero-order valence-corrected chi connectivity index (χ0v) is 20.0. The van der Waals surface area contributed by atoms with E-state index in [1.54, 1.807) is 31.2 Å². The first-order chi connectivity index (χ1) is 13.6. The average molecular weight is 488 g/mol. The van der Waals surface area contributed by atoms with Crippen molar-refractivity contribution >= 4 is 43.1 Å². The molecule has 9 heteroatoms. The van der Waals surface area contributed by atoms with Crippen molar-refractivity contribution in [3.8, 4) is 0 Å². The Labute approximate surface area is 182 Å². The molecule has 0 atom stereocenters. The van der Waals surface area contributed by atoms with Gasteiger partial charge in [-0.25, -0.2) is 4.21 Å². The lowest BCUT2D eigenvalue weighted by Gasteiger charge is -2.10. The molecule has 0 saturated carbocycles. The highest BCUT2D eigenvalue weighted by Crippen LogP contribution is 2.17. The third-order valence-electron chi connectivity index (χ3n) is 2.74. The predicted molar refractivity (Wildman–Crippen MR) is 125 cm³/mol. The molecule has 0 aliphatic carbocycles. The number of carbonyl (C=O) groups is 1. The standard InChI is InChI=1S/C17H22BrN3O4S.C3H8/c1-5-15(18)17(25-11-10-22)20-12(2)19-14-8-6-13(7-9-14)16(23)21-26(3,4)24;1-3-2/h5-9,22H,1,10-11H2,2-4H3,(H,19,20);3H2,1-2H3/b17-15-;. The largest absolute Gasteiger partial charge is 0.474 e. The highest BCUT2D eigenvalue weighted by molar-refractivity contribution is 9.11. The third-order valence-corrected chi connectivity index (χ3v) is 4.01. The molecule has 2 N–H and O–H groups in total. The first-order valence-electron chi connectivity index (χ1n) is 8.97. The number of aliphatic hydroxyl groups is 1. The molecule has 0 heterocycles. The van der Waals surface area contributed by atoms with Crippen molar-refractivity contribution in [2.45, 2.75) is 27.2 Å². The zero-order chi connectivity index (χ0) is 22.4. The Hall–Kier alpha value is -1.97. The molecule has 0 fully saturated rings. The fourth-order valence-electron chi connectivity index (χ4n) is 1.72. The number of hydrogen-bond acceptors (Lipinski definition) is 5. The number of ether oxygens (including phenoxy) is 1. The molecular formula is C20H30BrN3O4S. The molecule has 0 radical (unpaired) electrons. The van der Waals surface area contributed by atoms with Gasteiger partial charge in [0.15, 0.2) is 0 Å². The number of allylic oxidation sites excluding steroid dienone is 2. The summed E-state index contributed by atoms with van der Waals surface area (Å²) in [4.78, 5) is 16.2. The number of carbonyl (C=O) groups excluding carboxylic acids is 1. The second-order valence-electron chi connectivity index (χ2n) is 6.11. The Morgan fingerprint density at radius 2 is 1.86 bits per heavy atom.